The number of benzene rings is 1. The van der Waals surface area contributed by atoms with E-state index in [0.717, 1.165) is 11.3 Å². The van der Waals surface area contributed by atoms with Gasteiger partial charge < -0.3 is 10.4 Å². The van der Waals surface area contributed by atoms with E-state index in [1.165, 1.54) is 0 Å². The van der Waals surface area contributed by atoms with Gasteiger partial charge in [0, 0.05) is 12.2 Å². The number of hydrogen-bond donors (Lipinski definition) is 2. The molecule has 1 rings (SSSR count). The Hall–Kier alpha value is -1.16. The highest BCUT2D eigenvalue weighted by Gasteiger charge is 2.05. The third-order valence-corrected chi connectivity index (χ3v) is 2.57. The van der Waals surface area contributed by atoms with Crippen molar-refractivity contribution in [3.05, 3.63) is 23.8 Å². The van der Waals surface area contributed by atoms with Crippen LogP contribution < -0.4 is 5.32 Å². The van der Waals surface area contributed by atoms with E-state index in [0.29, 0.717) is 12.1 Å². The van der Waals surface area contributed by atoms with Gasteiger partial charge in [0.15, 0.2) is 0 Å². The van der Waals surface area contributed by atoms with Crippen LogP contribution in [0.2, 0.25) is 0 Å². The molecule has 1 aromatic carbocycles. The van der Waals surface area contributed by atoms with Gasteiger partial charge in [0.05, 0.1) is 5.69 Å². The highest BCUT2D eigenvalue weighted by molar-refractivity contribution is 7.98. The molecule has 0 aliphatic rings. The molecule has 0 saturated carbocycles. The van der Waals surface area contributed by atoms with E-state index >= 15 is 0 Å². The Labute approximate surface area is 93.9 Å². The van der Waals surface area contributed by atoms with Crippen LogP contribution in [0.25, 0.3) is 0 Å². The normalized spacial score (nSPS) is 10.0. The minimum Gasteiger partial charge on any atom is -0.506 e. The Morgan fingerprint density at radius 2 is 2.27 bits per heavy atom. The van der Waals surface area contributed by atoms with Crippen molar-refractivity contribution in [1.29, 1.82) is 0 Å². The monoisotopic (exact) mass is 225 g/mol. The van der Waals surface area contributed by atoms with Gasteiger partial charge >= 0.3 is 0 Å². The average molecular weight is 225 g/mol. The summed E-state index contributed by atoms with van der Waals surface area (Å²) in [4.78, 5) is 11.4. The fraction of sp³-hybridized carbons (Fsp3) is 0.364. The van der Waals surface area contributed by atoms with Crippen molar-refractivity contribution in [2.45, 2.75) is 13.3 Å². The predicted molar refractivity (Wildman–Crippen MR) is 64.5 cm³/mol. The summed E-state index contributed by atoms with van der Waals surface area (Å²) in [5.74, 6) is 0.842. The zero-order chi connectivity index (χ0) is 11.3. The molecule has 15 heavy (non-hydrogen) atoms. The van der Waals surface area contributed by atoms with Crippen LogP contribution in [0.3, 0.4) is 0 Å². The molecule has 2 N–H and O–H groups in total. The van der Waals surface area contributed by atoms with Crippen LogP contribution >= 0.6 is 11.8 Å². The van der Waals surface area contributed by atoms with E-state index in [1.807, 2.05) is 19.2 Å². The van der Waals surface area contributed by atoms with E-state index in [9.17, 15) is 9.90 Å². The molecule has 4 heteroatoms. The second-order valence-corrected chi connectivity index (χ2v) is 4.30. The third-order valence-electron chi connectivity index (χ3n) is 1.96. The van der Waals surface area contributed by atoms with Crippen LogP contribution in [-0.4, -0.2) is 23.0 Å². The summed E-state index contributed by atoms with van der Waals surface area (Å²) < 4.78 is 0. The van der Waals surface area contributed by atoms with E-state index in [2.05, 4.69) is 5.32 Å². The number of thioether (sulfide) groups is 1. The molecule has 0 atom stereocenters. The molecule has 82 valence electrons. The van der Waals surface area contributed by atoms with Crippen LogP contribution in [0, 0.1) is 6.92 Å². The number of aromatic hydroxyl groups is 1. The molecule has 0 saturated heterocycles. The molecular formula is C11H15NO2S. The number of amides is 1. The second-order valence-electron chi connectivity index (χ2n) is 3.31. The standard InChI is InChI=1S/C11H15NO2S/c1-8-3-4-9(10(13)7-8)12-11(14)5-6-15-2/h3-4,7,13H,5-6H2,1-2H3,(H,12,14). The first kappa shape index (κ1) is 11.9. The van der Waals surface area contributed by atoms with E-state index in [4.69, 9.17) is 0 Å². The lowest BCUT2D eigenvalue weighted by Gasteiger charge is -2.07. The molecule has 0 aliphatic carbocycles. The summed E-state index contributed by atoms with van der Waals surface area (Å²) in [6.45, 7) is 1.89. The zero-order valence-electron chi connectivity index (χ0n) is 8.91. The van der Waals surface area contributed by atoms with Crippen LogP contribution in [0.5, 0.6) is 5.75 Å². The highest BCUT2D eigenvalue weighted by Crippen LogP contribution is 2.23. The maximum absolute atomic E-state index is 11.4. The van der Waals surface area contributed by atoms with Gasteiger partial charge in [-0.25, -0.2) is 0 Å². The fourth-order valence-electron chi connectivity index (χ4n) is 1.15. The zero-order valence-corrected chi connectivity index (χ0v) is 9.73. The number of carbonyl (C=O) groups excluding carboxylic acids is 1. The van der Waals surface area contributed by atoms with Gasteiger partial charge in [-0.1, -0.05) is 6.07 Å². The van der Waals surface area contributed by atoms with Crippen LogP contribution in [0.15, 0.2) is 18.2 Å². The van der Waals surface area contributed by atoms with Gasteiger partial charge in [-0.15, -0.1) is 0 Å². The Kier molecular flexibility index (Phi) is 4.49. The maximum atomic E-state index is 11.4. The van der Waals surface area contributed by atoms with E-state index in [1.54, 1.807) is 23.9 Å². The Balaban J connectivity index is 2.60. The number of anilines is 1. The molecule has 0 bridgehead atoms. The molecule has 0 radical (unpaired) electrons. The van der Waals surface area contributed by atoms with Crippen molar-refractivity contribution >= 4 is 23.4 Å². The summed E-state index contributed by atoms with van der Waals surface area (Å²) in [5.41, 5.74) is 1.45. The van der Waals surface area contributed by atoms with Gasteiger partial charge in [-0.05, 0) is 30.9 Å². The van der Waals surface area contributed by atoms with Gasteiger partial charge in [0.1, 0.15) is 5.75 Å². The Bertz CT molecular complexity index is 352. The van der Waals surface area contributed by atoms with Crippen molar-refractivity contribution in [2.75, 3.05) is 17.3 Å². The number of hydrogen-bond acceptors (Lipinski definition) is 3. The Morgan fingerprint density at radius 3 is 2.87 bits per heavy atom. The molecule has 3 nitrogen and oxygen atoms in total. The predicted octanol–water partition coefficient (Wildman–Crippen LogP) is 2.39. The smallest absolute Gasteiger partial charge is 0.225 e. The van der Waals surface area contributed by atoms with Crippen molar-refractivity contribution in [2.24, 2.45) is 0 Å². The van der Waals surface area contributed by atoms with Gasteiger partial charge in [0.25, 0.3) is 0 Å². The molecule has 1 aromatic rings. The third kappa shape index (κ3) is 3.83. The summed E-state index contributed by atoms with van der Waals surface area (Å²) in [7, 11) is 0. The molecule has 0 spiro atoms. The van der Waals surface area contributed by atoms with Crippen molar-refractivity contribution in [3.63, 3.8) is 0 Å². The largest absolute Gasteiger partial charge is 0.506 e. The second kappa shape index (κ2) is 5.66. The first-order chi connectivity index (χ1) is 7.13. The van der Waals surface area contributed by atoms with Crippen LogP contribution in [0.1, 0.15) is 12.0 Å². The number of aryl methyl sites for hydroxylation is 1. The first-order valence-corrected chi connectivity index (χ1v) is 6.11. The minimum absolute atomic E-state index is 0.0662. The SMILES string of the molecule is CSCCC(=O)Nc1ccc(C)cc1O. The maximum Gasteiger partial charge on any atom is 0.225 e. The molecule has 0 heterocycles. The average Bonchev–Trinajstić information content (AvgIpc) is 2.19. The lowest BCUT2D eigenvalue weighted by molar-refractivity contribution is -0.115. The molecule has 1 amide bonds. The van der Waals surface area contributed by atoms with Gasteiger partial charge in [0.2, 0.25) is 5.91 Å². The van der Waals surface area contributed by atoms with E-state index in [-0.39, 0.29) is 11.7 Å². The van der Waals surface area contributed by atoms with Crippen LogP contribution in [0.4, 0.5) is 5.69 Å². The Morgan fingerprint density at radius 1 is 1.53 bits per heavy atom. The molecule has 0 fully saturated rings. The summed E-state index contributed by atoms with van der Waals surface area (Å²) >= 11 is 1.62. The summed E-state index contributed by atoms with van der Waals surface area (Å²) in [6, 6.07) is 5.19. The minimum atomic E-state index is -0.0662. The highest BCUT2D eigenvalue weighted by atomic mass is 32.2. The number of nitrogens with one attached hydrogen (secondary N) is 1. The topological polar surface area (TPSA) is 49.3 Å². The van der Waals surface area contributed by atoms with Crippen molar-refractivity contribution < 1.29 is 9.90 Å². The number of phenols is 1. The van der Waals surface area contributed by atoms with Gasteiger partial charge in [-0.3, -0.25) is 4.79 Å². The lowest BCUT2D eigenvalue weighted by Crippen LogP contribution is -2.12. The molecule has 0 aromatic heterocycles. The first-order valence-electron chi connectivity index (χ1n) is 4.72. The van der Waals surface area contributed by atoms with Gasteiger partial charge in [-0.2, -0.15) is 11.8 Å². The summed E-state index contributed by atoms with van der Waals surface area (Å²) in [5, 5.41) is 12.2. The number of carbonyl (C=O) groups is 1. The quantitative estimate of drug-likeness (QED) is 0.773. The number of phenolic OH excluding ortho intramolecular Hbond substituents is 1. The molecular weight excluding hydrogens is 210 g/mol. The summed E-state index contributed by atoms with van der Waals surface area (Å²) in [6.07, 6.45) is 2.42. The number of rotatable bonds is 4. The van der Waals surface area contributed by atoms with Crippen molar-refractivity contribution in [3.8, 4) is 5.75 Å². The van der Waals surface area contributed by atoms with Crippen molar-refractivity contribution in [1.82, 2.24) is 0 Å². The van der Waals surface area contributed by atoms with E-state index < -0.39 is 0 Å². The fourth-order valence-corrected chi connectivity index (χ4v) is 1.54. The van der Waals surface area contributed by atoms with Crippen LogP contribution in [-0.2, 0) is 4.79 Å². The molecule has 0 aliphatic heterocycles. The lowest BCUT2D eigenvalue weighted by atomic mass is 10.2. The molecule has 0 unspecified atom stereocenters.